The Morgan fingerprint density at radius 2 is 1.71 bits per heavy atom. The Hall–Kier alpha value is -2.33. The lowest BCUT2D eigenvalue weighted by Gasteiger charge is -2.19. The molecule has 2 aromatic rings. The molecule has 3 N–H and O–H groups in total. The van der Waals surface area contributed by atoms with Gasteiger partial charge in [0.1, 0.15) is 5.75 Å². The van der Waals surface area contributed by atoms with Crippen molar-refractivity contribution in [1.29, 1.82) is 0 Å². The highest BCUT2D eigenvalue weighted by molar-refractivity contribution is 5.98. The smallest absolute Gasteiger partial charge is 0.243 e. The summed E-state index contributed by atoms with van der Waals surface area (Å²) in [6.45, 7) is 5.33. The minimum Gasteiger partial charge on any atom is -0.455 e. The second kappa shape index (κ2) is 5.97. The molecule has 1 amide bonds. The molecule has 0 radical (unpaired) electrons. The summed E-state index contributed by atoms with van der Waals surface area (Å²) in [7, 11) is 0. The number of benzene rings is 2. The Labute approximate surface area is 124 Å². The fourth-order valence-electron chi connectivity index (χ4n) is 1.68. The van der Waals surface area contributed by atoms with Crippen molar-refractivity contribution in [3.8, 4) is 11.5 Å². The van der Waals surface area contributed by atoms with Gasteiger partial charge in [0.2, 0.25) is 5.91 Å². The fraction of sp³-hybridized carbons (Fsp3) is 0.235. The lowest BCUT2D eigenvalue weighted by molar-refractivity contribution is -0.120. The van der Waals surface area contributed by atoms with Gasteiger partial charge < -0.3 is 15.8 Å². The van der Waals surface area contributed by atoms with E-state index >= 15 is 0 Å². The lowest BCUT2D eigenvalue weighted by atomic mass is 10.1. The average Bonchev–Trinajstić information content (AvgIpc) is 2.42. The van der Waals surface area contributed by atoms with Crippen LogP contribution in [0.25, 0.3) is 0 Å². The van der Waals surface area contributed by atoms with E-state index in [-0.39, 0.29) is 5.91 Å². The first-order valence-corrected chi connectivity index (χ1v) is 6.80. The maximum atomic E-state index is 12.0. The van der Waals surface area contributed by atoms with Gasteiger partial charge in [0, 0.05) is 0 Å². The van der Waals surface area contributed by atoms with Crippen molar-refractivity contribution in [3.63, 3.8) is 0 Å². The molecule has 4 nitrogen and oxygen atoms in total. The second-order valence-electron chi connectivity index (χ2n) is 5.59. The van der Waals surface area contributed by atoms with E-state index in [2.05, 4.69) is 5.32 Å². The van der Waals surface area contributed by atoms with E-state index < -0.39 is 5.54 Å². The number of hydrogen-bond donors (Lipinski definition) is 2. The number of hydrogen-bond acceptors (Lipinski definition) is 3. The molecule has 4 heteroatoms. The number of carbonyl (C=O) groups excluding carboxylic acids is 1. The van der Waals surface area contributed by atoms with Crippen molar-refractivity contribution in [2.24, 2.45) is 5.73 Å². The predicted octanol–water partition coefficient (Wildman–Crippen LogP) is 3.46. The van der Waals surface area contributed by atoms with Gasteiger partial charge in [0.25, 0.3) is 0 Å². The molecule has 0 heterocycles. The van der Waals surface area contributed by atoms with Crippen LogP contribution in [0, 0.1) is 6.92 Å². The van der Waals surface area contributed by atoms with Gasteiger partial charge in [-0.1, -0.05) is 29.8 Å². The Morgan fingerprint density at radius 1 is 1.10 bits per heavy atom. The standard InChI is InChI=1S/C17H20N2O2/c1-12-8-10-13(11-9-12)21-15-7-5-4-6-14(15)19-16(20)17(2,3)18/h4-11H,18H2,1-3H3,(H,19,20). The third-order valence-electron chi connectivity index (χ3n) is 2.97. The SMILES string of the molecule is Cc1ccc(Oc2ccccc2NC(=O)C(C)(C)N)cc1. The second-order valence-corrected chi connectivity index (χ2v) is 5.59. The maximum Gasteiger partial charge on any atom is 0.243 e. The lowest BCUT2D eigenvalue weighted by Crippen LogP contribution is -2.45. The number of nitrogens with two attached hydrogens (primary N) is 1. The van der Waals surface area contributed by atoms with Crippen LogP contribution in [0.15, 0.2) is 48.5 Å². The van der Waals surface area contributed by atoms with E-state index in [0.29, 0.717) is 17.2 Å². The predicted molar refractivity (Wildman–Crippen MR) is 84.6 cm³/mol. The molecule has 0 spiro atoms. The van der Waals surface area contributed by atoms with E-state index in [1.165, 1.54) is 0 Å². The Balaban J connectivity index is 2.21. The van der Waals surface area contributed by atoms with Crippen molar-refractivity contribution >= 4 is 11.6 Å². The highest BCUT2D eigenvalue weighted by Gasteiger charge is 2.22. The Morgan fingerprint density at radius 3 is 2.33 bits per heavy atom. The van der Waals surface area contributed by atoms with Crippen molar-refractivity contribution in [2.45, 2.75) is 26.3 Å². The summed E-state index contributed by atoms with van der Waals surface area (Å²) in [5.41, 5.74) is 6.61. The van der Waals surface area contributed by atoms with Gasteiger partial charge in [-0.05, 0) is 45.0 Å². The van der Waals surface area contributed by atoms with Crippen LogP contribution in [0.4, 0.5) is 5.69 Å². The van der Waals surface area contributed by atoms with Gasteiger partial charge in [-0.3, -0.25) is 4.79 Å². The molecule has 0 bridgehead atoms. The van der Waals surface area contributed by atoms with Gasteiger partial charge in [-0.15, -0.1) is 0 Å². The fourth-order valence-corrected chi connectivity index (χ4v) is 1.68. The summed E-state index contributed by atoms with van der Waals surface area (Å²) in [5.74, 6) is 1.04. The van der Waals surface area contributed by atoms with E-state index in [9.17, 15) is 4.79 Å². The first-order chi connectivity index (χ1) is 9.86. The number of aryl methyl sites for hydroxylation is 1. The van der Waals surface area contributed by atoms with Crippen LogP contribution in [-0.2, 0) is 4.79 Å². The van der Waals surface area contributed by atoms with Crippen LogP contribution in [0.2, 0.25) is 0 Å². The summed E-state index contributed by atoms with van der Waals surface area (Å²) >= 11 is 0. The third kappa shape index (κ3) is 4.07. The van der Waals surface area contributed by atoms with Gasteiger partial charge in [-0.25, -0.2) is 0 Å². The largest absolute Gasteiger partial charge is 0.455 e. The number of nitrogens with one attached hydrogen (secondary N) is 1. The highest BCUT2D eigenvalue weighted by Crippen LogP contribution is 2.29. The average molecular weight is 284 g/mol. The number of rotatable bonds is 4. The Kier molecular flexibility index (Phi) is 4.29. The molecule has 2 rings (SSSR count). The zero-order valence-electron chi connectivity index (χ0n) is 12.5. The molecule has 110 valence electrons. The van der Waals surface area contributed by atoms with E-state index in [1.807, 2.05) is 43.3 Å². The minimum atomic E-state index is -0.947. The highest BCUT2D eigenvalue weighted by atomic mass is 16.5. The number of amides is 1. The van der Waals surface area contributed by atoms with E-state index in [0.717, 1.165) is 5.56 Å². The molecule has 0 atom stereocenters. The summed E-state index contributed by atoms with van der Waals surface area (Å²) < 4.78 is 5.82. The molecule has 0 fully saturated rings. The summed E-state index contributed by atoms with van der Waals surface area (Å²) in [4.78, 5) is 12.0. The first kappa shape index (κ1) is 15.1. The maximum absolute atomic E-state index is 12.0. The minimum absolute atomic E-state index is 0.262. The summed E-state index contributed by atoms with van der Waals surface area (Å²) in [6, 6.07) is 15.0. The molecule has 21 heavy (non-hydrogen) atoms. The van der Waals surface area contributed by atoms with Crippen LogP contribution in [-0.4, -0.2) is 11.4 Å². The topological polar surface area (TPSA) is 64.3 Å². The normalized spacial score (nSPS) is 11.0. The molecule has 2 aromatic carbocycles. The summed E-state index contributed by atoms with van der Waals surface area (Å²) in [5, 5.41) is 2.79. The molecule has 0 aliphatic rings. The van der Waals surface area contributed by atoms with E-state index in [4.69, 9.17) is 10.5 Å². The summed E-state index contributed by atoms with van der Waals surface area (Å²) in [6.07, 6.45) is 0. The van der Waals surface area contributed by atoms with Gasteiger partial charge in [0.05, 0.1) is 11.2 Å². The number of ether oxygens (including phenoxy) is 1. The van der Waals surface area contributed by atoms with Gasteiger partial charge in [-0.2, -0.15) is 0 Å². The van der Waals surface area contributed by atoms with Crippen LogP contribution in [0.5, 0.6) is 11.5 Å². The first-order valence-electron chi connectivity index (χ1n) is 6.80. The van der Waals surface area contributed by atoms with Crippen LogP contribution in [0.3, 0.4) is 0 Å². The molecule has 0 unspecified atom stereocenters. The number of anilines is 1. The van der Waals surface area contributed by atoms with Crippen molar-refractivity contribution in [3.05, 3.63) is 54.1 Å². The van der Waals surface area contributed by atoms with E-state index in [1.54, 1.807) is 26.0 Å². The third-order valence-corrected chi connectivity index (χ3v) is 2.97. The molecule has 0 saturated carbocycles. The molecule has 0 aromatic heterocycles. The molecule has 0 saturated heterocycles. The van der Waals surface area contributed by atoms with Crippen LogP contribution >= 0.6 is 0 Å². The van der Waals surface area contributed by atoms with Crippen molar-refractivity contribution in [2.75, 3.05) is 5.32 Å². The Bertz CT molecular complexity index is 628. The van der Waals surface area contributed by atoms with Crippen LogP contribution < -0.4 is 15.8 Å². The van der Waals surface area contributed by atoms with Crippen molar-refractivity contribution < 1.29 is 9.53 Å². The zero-order chi connectivity index (χ0) is 15.5. The van der Waals surface area contributed by atoms with Gasteiger partial charge >= 0.3 is 0 Å². The quantitative estimate of drug-likeness (QED) is 0.903. The molecular weight excluding hydrogens is 264 g/mol. The number of carbonyl (C=O) groups is 1. The zero-order valence-corrected chi connectivity index (χ0v) is 12.5. The van der Waals surface area contributed by atoms with Crippen LogP contribution in [0.1, 0.15) is 19.4 Å². The number of para-hydroxylation sites is 2. The molecular formula is C17H20N2O2. The molecule has 0 aliphatic carbocycles. The van der Waals surface area contributed by atoms with Gasteiger partial charge in [0.15, 0.2) is 5.75 Å². The molecule has 0 aliphatic heterocycles. The van der Waals surface area contributed by atoms with Crippen molar-refractivity contribution in [1.82, 2.24) is 0 Å². The monoisotopic (exact) mass is 284 g/mol.